The van der Waals surface area contributed by atoms with Crippen molar-refractivity contribution in [3.05, 3.63) is 63.1 Å². The summed E-state index contributed by atoms with van der Waals surface area (Å²) >= 11 is 18.7. The Balaban J connectivity index is 2.43. The zero-order chi connectivity index (χ0) is 14.0. The van der Waals surface area contributed by atoms with Gasteiger partial charge in [-0.15, -0.1) is 11.6 Å². The topological polar surface area (TPSA) is 9.23 Å². The van der Waals surface area contributed by atoms with Crippen LogP contribution >= 0.6 is 34.8 Å². The van der Waals surface area contributed by atoms with Gasteiger partial charge >= 0.3 is 0 Å². The molecule has 0 aliphatic carbocycles. The van der Waals surface area contributed by atoms with E-state index in [0.29, 0.717) is 10.0 Å². The lowest BCUT2D eigenvalue weighted by Crippen LogP contribution is -1.96. The van der Waals surface area contributed by atoms with E-state index < -0.39 is 0 Å². The first kappa shape index (κ1) is 14.5. The predicted octanol–water partition coefficient (Wildman–Crippen LogP) is 5.64. The minimum Gasteiger partial charge on any atom is -0.496 e. The first-order chi connectivity index (χ1) is 9.02. The minimum atomic E-state index is -0.360. The highest BCUT2D eigenvalue weighted by Crippen LogP contribution is 2.36. The van der Waals surface area contributed by atoms with E-state index in [0.717, 1.165) is 22.4 Å². The summed E-state index contributed by atoms with van der Waals surface area (Å²) in [6.07, 6.45) is 0. The molecule has 0 N–H and O–H groups in total. The summed E-state index contributed by atoms with van der Waals surface area (Å²) < 4.78 is 5.31. The van der Waals surface area contributed by atoms with Gasteiger partial charge in [0, 0.05) is 10.0 Å². The number of methoxy groups -OCH3 is 1. The molecule has 0 saturated heterocycles. The summed E-state index contributed by atoms with van der Waals surface area (Å²) in [5.41, 5.74) is 2.78. The first-order valence-corrected chi connectivity index (χ1v) is 6.95. The lowest BCUT2D eigenvalue weighted by molar-refractivity contribution is 0.411. The van der Waals surface area contributed by atoms with Crippen LogP contribution in [0.1, 0.15) is 22.1 Å². The van der Waals surface area contributed by atoms with Gasteiger partial charge in [-0.05, 0) is 47.9 Å². The fraction of sp³-hybridized carbons (Fsp3) is 0.200. The van der Waals surface area contributed by atoms with Crippen molar-refractivity contribution in [1.82, 2.24) is 0 Å². The van der Waals surface area contributed by atoms with E-state index >= 15 is 0 Å². The molecule has 0 saturated carbocycles. The Labute approximate surface area is 128 Å². The van der Waals surface area contributed by atoms with E-state index in [1.54, 1.807) is 25.3 Å². The van der Waals surface area contributed by atoms with Crippen molar-refractivity contribution in [2.75, 3.05) is 7.11 Å². The molecule has 0 spiro atoms. The van der Waals surface area contributed by atoms with Crippen LogP contribution in [0.5, 0.6) is 5.75 Å². The number of ether oxygens (including phenoxy) is 1. The highest BCUT2D eigenvalue weighted by Gasteiger charge is 2.16. The smallest absolute Gasteiger partial charge is 0.122 e. The molecule has 1 atom stereocenters. The minimum absolute atomic E-state index is 0.360. The largest absolute Gasteiger partial charge is 0.496 e. The second-order valence-corrected chi connectivity index (χ2v) is 5.54. The third-order valence-electron chi connectivity index (χ3n) is 2.96. The normalized spacial score (nSPS) is 12.3. The highest BCUT2D eigenvalue weighted by atomic mass is 35.5. The summed E-state index contributed by atoms with van der Waals surface area (Å²) in [5.74, 6) is 0.807. The second-order valence-electron chi connectivity index (χ2n) is 4.26. The highest BCUT2D eigenvalue weighted by molar-refractivity contribution is 6.35. The quantitative estimate of drug-likeness (QED) is 0.666. The standard InChI is InChI=1S/C15H13Cl3O/c1-9-3-4-10(7-14(9)19-2)15(18)12-8-11(16)5-6-13(12)17/h3-8,15H,1-2H3. The van der Waals surface area contributed by atoms with Gasteiger partial charge in [0.15, 0.2) is 0 Å². The Hall–Kier alpha value is -0.890. The summed E-state index contributed by atoms with van der Waals surface area (Å²) in [6, 6.07) is 11.1. The van der Waals surface area contributed by atoms with Crippen LogP contribution in [-0.2, 0) is 0 Å². The fourth-order valence-electron chi connectivity index (χ4n) is 1.88. The summed E-state index contributed by atoms with van der Waals surface area (Å²) in [4.78, 5) is 0. The molecule has 0 fully saturated rings. The van der Waals surface area contributed by atoms with Crippen molar-refractivity contribution in [2.24, 2.45) is 0 Å². The molecule has 0 bridgehead atoms. The molecule has 0 aliphatic heterocycles. The number of hydrogen-bond donors (Lipinski definition) is 0. The van der Waals surface area contributed by atoms with Crippen LogP contribution < -0.4 is 4.74 Å². The SMILES string of the molecule is COc1cc(C(Cl)c2cc(Cl)ccc2Cl)ccc1C. The average molecular weight is 316 g/mol. The second kappa shape index (κ2) is 6.04. The summed E-state index contributed by atoms with van der Waals surface area (Å²) in [7, 11) is 1.64. The van der Waals surface area contributed by atoms with Crippen molar-refractivity contribution in [3.63, 3.8) is 0 Å². The molecule has 0 heterocycles. The number of hydrogen-bond acceptors (Lipinski definition) is 1. The van der Waals surface area contributed by atoms with E-state index in [4.69, 9.17) is 39.5 Å². The third-order valence-corrected chi connectivity index (χ3v) is 4.02. The molecule has 2 aromatic carbocycles. The molecule has 2 aromatic rings. The predicted molar refractivity (Wildman–Crippen MR) is 81.9 cm³/mol. The van der Waals surface area contributed by atoms with Crippen molar-refractivity contribution in [2.45, 2.75) is 12.3 Å². The first-order valence-electron chi connectivity index (χ1n) is 5.76. The summed E-state index contributed by atoms with van der Waals surface area (Å²) in [5, 5.41) is 0.855. The third kappa shape index (κ3) is 3.17. The molecule has 1 unspecified atom stereocenters. The maximum absolute atomic E-state index is 6.49. The van der Waals surface area contributed by atoms with E-state index in [9.17, 15) is 0 Å². The van der Waals surface area contributed by atoms with Gasteiger partial charge in [0.25, 0.3) is 0 Å². The monoisotopic (exact) mass is 314 g/mol. The van der Waals surface area contributed by atoms with Gasteiger partial charge in [-0.1, -0.05) is 35.3 Å². The Morgan fingerprint density at radius 1 is 1.05 bits per heavy atom. The van der Waals surface area contributed by atoms with Crippen LogP contribution in [-0.4, -0.2) is 7.11 Å². The van der Waals surface area contributed by atoms with Crippen LogP contribution in [0.2, 0.25) is 10.0 Å². The Kier molecular flexibility index (Phi) is 4.62. The van der Waals surface area contributed by atoms with Gasteiger partial charge in [-0.2, -0.15) is 0 Å². The lowest BCUT2D eigenvalue weighted by atomic mass is 10.0. The number of rotatable bonds is 3. The van der Waals surface area contributed by atoms with Gasteiger partial charge in [0.2, 0.25) is 0 Å². The number of alkyl halides is 1. The van der Waals surface area contributed by atoms with E-state index in [1.165, 1.54) is 0 Å². The van der Waals surface area contributed by atoms with E-state index in [2.05, 4.69) is 0 Å². The van der Waals surface area contributed by atoms with Crippen molar-refractivity contribution >= 4 is 34.8 Å². The molecule has 100 valence electrons. The van der Waals surface area contributed by atoms with Gasteiger partial charge in [0.05, 0.1) is 12.5 Å². The van der Waals surface area contributed by atoms with Crippen LogP contribution in [0.25, 0.3) is 0 Å². The molecule has 0 aromatic heterocycles. The molecule has 0 radical (unpaired) electrons. The van der Waals surface area contributed by atoms with Gasteiger partial charge in [-0.25, -0.2) is 0 Å². The number of halogens is 3. The molecular weight excluding hydrogens is 303 g/mol. The Bertz CT molecular complexity index is 596. The van der Waals surface area contributed by atoms with Crippen LogP contribution in [0, 0.1) is 6.92 Å². The molecule has 2 rings (SSSR count). The van der Waals surface area contributed by atoms with Crippen LogP contribution in [0.4, 0.5) is 0 Å². The fourth-order valence-corrected chi connectivity index (χ4v) is 2.66. The molecule has 4 heteroatoms. The lowest BCUT2D eigenvalue weighted by Gasteiger charge is -2.14. The zero-order valence-corrected chi connectivity index (χ0v) is 12.9. The maximum atomic E-state index is 6.49. The van der Waals surface area contributed by atoms with Crippen molar-refractivity contribution in [1.29, 1.82) is 0 Å². The maximum Gasteiger partial charge on any atom is 0.122 e. The molecular formula is C15H13Cl3O. The van der Waals surface area contributed by atoms with Gasteiger partial charge < -0.3 is 4.74 Å². The molecule has 19 heavy (non-hydrogen) atoms. The van der Waals surface area contributed by atoms with Gasteiger partial charge in [0.1, 0.15) is 5.75 Å². The zero-order valence-electron chi connectivity index (χ0n) is 10.6. The van der Waals surface area contributed by atoms with Crippen LogP contribution in [0.15, 0.2) is 36.4 Å². The number of aryl methyl sites for hydroxylation is 1. The van der Waals surface area contributed by atoms with Crippen molar-refractivity contribution < 1.29 is 4.74 Å². The van der Waals surface area contributed by atoms with Gasteiger partial charge in [-0.3, -0.25) is 0 Å². The van der Waals surface area contributed by atoms with Crippen LogP contribution in [0.3, 0.4) is 0 Å². The molecule has 0 aliphatic rings. The molecule has 0 amide bonds. The van der Waals surface area contributed by atoms with E-state index in [1.807, 2.05) is 25.1 Å². The van der Waals surface area contributed by atoms with Crippen molar-refractivity contribution in [3.8, 4) is 5.75 Å². The number of benzene rings is 2. The molecule has 1 nitrogen and oxygen atoms in total. The Morgan fingerprint density at radius 3 is 2.47 bits per heavy atom. The average Bonchev–Trinajstić information content (AvgIpc) is 2.41. The Morgan fingerprint density at radius 2 is 1.79 bits per heavy atom. The van der Waals surface area contributed by atoms with E-state index in [-0.39, 0.29) is 5.38 Å². The summed E-state index contributed by atoms with van der Waals surface area (Å²) in [6.45, 7) is 1.98.